The van der Waals surface area contributed by atoms with Crippen molar-refractivity contribution in [1.29, 1.82) is 0 Å². The molecule has 0 spiro atoms. The Morgan fingerprint density at radius 3 is 2.56 bits per heavy atom. The lowest BCUT2D eigenvalue weighted by atomic mass is 10.1. The molecule has 108 valence electrons. The molecule has 1 heterocycles. The average Bonchev–Trinajstić information content (AvgIpc) is 2.34. The van der Waals surface area contributed by atoms with E-state index in [9.17, 15) is 5.11 Å². The molecule has 0 aromatic carbocycles. The Labute approximate surface area is 111 Å². The number of hydrogen-bond acceptors (Lipinski definition) is 4. The van der Waals surface area contributed by atoms with Gasteiger partial charge < -0.3 is 19.3 Å². The maximum absolute atomic E-state index is 9.65. The summed E-state index contributed by atoms with van der Waals surface area (Å²) in [4.78, 5) is 0. The van der Waals surface area contributed by atoms with Gasteiger partial charge in [-0.1, -0.05) is 26.7 Å². The Kier molecular flexibility index (Phi) is 8.59. The predicted molar refractivity (Wildman–Crippen MR) is 70.5 cm³/mol. The van der Waals surface area contributed by atoms with Gasteiger partial charge in [0.05, 0.1) is 18.8 Å². The zero-order chi connectivity index (χ0) is 13.2. The van der Waals surface area contributed by atoms with Gasteiger partial charge >= 0.3 is 0 Å². The number of hydrogen-bond donors (Lipinski definition) is 1. The van der Waals surface area contributed by atoms with Crippen LogP contribution in [0.25, 0.3) is 0 Å². The van der Waals surface area contributed by atoms with Crippen molar-refractivity contribution >= 4 is 0 Å². The summed E-state index contributed by atoms with van der Waals surface area (Å²) in [6.07, 6.45) is 5.20. The molecule has 0 aromatic rings. The van der Waals surface area contributed by atoms with E-state index in [0.29, 0.717) is 13.0 Å². The van der Waals surface area contributed by atoms with E-state index in [-0.39, 0.29) is 12.2 Å². The molecule has 4 nitrogen and oxygen atoms in total. The summed E-state index contributed by atoms with van der Waals surface area (Å²) in [6, 6.07) is 0. The first-order chi connectivity index (χ1) is 8.76. The van der Waals surface area contributed by atoms with Crippen LogP contribution in [0.1, 0.15) is 52.4 Å². The molecular formula is C14H28O4. The van der Waals surface area contributed by atoms with Crippen LogP contribution in [-0.4, -0.2) is 43.4 Å². The Balaban J connectivity index is 2.18. The van der Waals surface area contributed by atoms with Crippen LogP contribution in [0.5, 0.6) is 0 Å². The zero-order valence-corrected chi connectivity index (χ0v) is 11.8. The van der Waals surface area contributed by atoms with Crippen LogP contribution in [0.15, 0.2) is 0 Å². The molecule has 0 radical (unpaired) electrons. The van der Waals surface area contributed by atoms with Gasteiger partial charge in [-0.25, -0.2) is 0 Å². The molecule has 0 amide bonds. The minimum atomic E-state index is -0.704. The van der Waals surface area contributed by atoms with E-state index < -0.39 is 6.29 Å². The predicted octanol–water partition coefficient (Wildman–Crippen LogP) is 2.49. The van der Waals surface area contributed by atoms with Gasteiger partial charge in [-0.3, -0.25) is 0 Å². The fourth-order valence-electron chi connectivity index (χ4n) is 2.05. The van der Waals surface area contributed by atoms with Gasteiger partial charge in [0, 0.05) is 26.1 Å². The molecule has 1 fully saturated rings. The molecule has 1 rings (SSSR count). The molecule has 0 bridgehead atoms. The van der Waals surface area contributed by atoms with Crippen LogP contribution in [0.3, 0.4) is 0 Å². The summed E-state index contributed by atoms with van der Waals surface area (Å²) < 4.78 is 16.8. The van der Waals surface area contributed by atoms with Crippen molar-refractivity contribution in [2.75, 3.05) is 19.8 Å². The highest BCUT2D eigenvalue weighted by molar-refractivity contribution is 4.74. The van der Waals surface area contributed by atoms with Crippen molar-refractivity contribution in [1.82, 2.24) is 0 Å². The van der Waals surface area contributed by atoms with Crippen LogP contribution < -0.4 is 0 Å². The third-order valence-electron chi connectivity index (χ3n) is 3.14. The van der Waals surface area contributed by atoms with E-state index in [0.717, 1.165) is 45.3 Å². The van der Waals surface area contributed by atoms with Gasteiger partial charge in [-0.15, -0.1) is 0 Å². The summed E-state index contributed by atoms with van der Waals surface area (Å²) in [7, 11) is 0. The normalized spacial score (nSPS) is 28.5. The van der Waals surface area contributed by atoms with Gasteiger partial charge in [0.25, 0.3) is 0 Å². The summed E-state index contributed by atoms with van der Waals surface area (Å²) in [5.74, 6) is 0. The molecule has 18 heavy (non-hydrogen) atoms. The fraction of sp³-hybridized carbons (Fsp3) is 1.00. The molecule has 1 aliphatic rings. The topological polar surface area (TPSA) is 47.9 Å². The van der Waals surface area contributed by atoms with Crippen molar-refractivity contribution in [2.24, 2.45) is 0 Å². The minimum absolute atomic E-state index is 0.0303. The molecule has 1 aliphatic heterocycles. The van der Waals surface area contributed by atoms with Crippen LogP contribution in [0.2, 0.25) is 0 Å². The highest BCUT2D eigenvalue weighted by atomic mass is 16.6. The lowest BCUT2D eigenvalue weighted by Gasteiger charge is -2.32. The summed E-state index contributed by atoms with van der Waals surface area (Å²) in [5.41, 5.74) is 0. The van der Waals surface area contributed by atoms with E-state index in [4.69, 9.17) is 14.2 Å². The summed E-state index contributed by atoms with van der Waals surface area (Å²) in [5, 5.41) is 9.65. The van der Waals surface area contributed by atoms with Crippen molar-refractivity contribution in [3.8, 4) is 0 Å². The molecule has 1 saturated heterocycles. The Morgan fingerprint density at radius 1 is 1.11 bits per heavy atom. The Hall–Kier alpha value is -0.160. The molecule has 1 unspecified atom stereocenters. The second-order valence-electron chi connectivity index (χ2n) is 4.96. The Morgan fingerprint density at radius 2 is 1.83 bits per heavy atom. The first-order valence-corrected chi connectivity index (χ1v) is 7.29. The fourth-order valence-corrected chi connectivity index (χ4v) is 2.05. The zero-order valence-electron chi connectivity index (χ0n) is 11.8. The van der Waals surface area contributed by atoms with E-state index >= 15 is 0 Å². The van der Waals surface area contributed by atoms with E-state index in [1.165, 1.54) is 0 Å². The van der Waals surface area contributed by atoms with Crippen molar-refractivity contribution in [3.63, 3.8) is 0 Å². The van der Waals surface area contributed by atoms with Crippen LogP contribution in [0, 0.1) is 0 Å². The van der Waals surface area contributed by atoms with E-state index in [2.05, 4.69) is 13.8 Å². The van der Waals surface area contributed by atoms with Gasteiger partial charge in [0.15, 0.2) is 6.29 Å². The molecular weight excluding hydrogens is 232 g/mol. The van der Waals surface area contributed by atoms with Crippen LogP contribution in [0.4, 0.5) is 0 Å². The molecule has 0 aliphatic carbocycles. The van der Waals surface area contributed by atoms with Crippen LogP contribution >= 0.6 is 0 Å². The standard InChI is InChI=1S/C14H28O4/c1-3-5-7-16-11-13-9-12(10-14(15)18-13)17-8-6-4-2/h12-15H,3-11H2,1-2H3/t12-,13-,14?/m0/s1. The maximum atomic E-state index is 9.65. The second kappa shape index (κ2) is 9.73. The summed E-state index contributed by atoms with van der Waals surface area (Å²) in [6.45, 7) is 6.39. The van der Waals surface area contributed by atoms with Crippen molar-refractivity contribution in [3.05, 3.63) is 0 Å². The molecule has 3 atom stereocenters. The van der Waals surface area contributed by atoms with E-state index in [1.807, 2.05) is 0 Å². The first kappa shape index (κ1) is 15.9. The number of rotatable bonds is 9. The highest BCUT2D eigenvalue weighted by Crippen LogP contribution is 2.21. The highest BCUT2D eigenvalue weighted by Gasteiger charge is 2.28. The third-order valence-corrected chi connectivity index (χ3v) is 3.14. The number of aliphatic hydroxyl groups excluding tert-OH is 1. The summed E-state index contributed by atoms with van der Waals surface area (Å²) >= 11 is 0. The van der Waals surface area contributed by atoms with Crippen LogP contribution in [-0.2, 0) is 14.2 Å². The van der Waals surface area contributed by atoms with Crippen molar-refractivity contribution in [2.45, 2.75) is 70.9 Å². The monoisotopic (exact) mass is 260 g/mol. The number of ether oxygens (including phenoxy) is 3. The number of unbranched alkanes of at least 4 members (excludes halogenated alkanes) is 2. The molecule has 0 saturated carbocycles. The quantitative estimate of drug-likeness (QED) is 0.647. The SMILES string of the molecule is CCCCOC[C@@H]1C[C@H](OCCCC)CC(O)O1. The van der Waals surface area contributed by atoms with Gasteiger partial charge in [-0.2, -0.15) is 0 Å². The third kappa shape index (κ3) is 6.69. The van der Waals surface area contributed by atoms with Gasteiger partial charge in [0.2, 0.25) is 0 Å². The largest absolute Gasteiger partial charge is 0.379 e. The number of aliphatic hydroxyl groups is 1. The molecule has 1 N–H and O–H groups in total. The first-order valence-electron chi connectivity index (χ1n) is 7.29. The lowest BCUT2D eigenvalue weighted by molar-refractivity contribution is -0.209. The van der Waals surface area contributed by atoms with E-state index in [1.54, 1.807) is 0 Å². The second-order valence-corrected chi connectivity index (χ2v) is 4.96. The maximum Gasteiger partial charge on any atom is 0.157 e. The smallest absolute Gasteiger partial charge is 0.157 e. The minimum Gasteiger partial charge on any atom is -0.379 e. The lowest BCUT2D eigenvalue weighted by Crippen LogP contribution is -2.39. The average molecular weight is 260 g/mol. The molecule has 0 aromatic heterocycles. The van der Waals surface area contributed by atoms with Gasteiger partial charge in [0.1, 0.15) is 0 Å². The van der Waals surface area contributed by atoms with Crippen molar-refractivity contribution < 1.29 is 19.3 Å². The molecule has 4 heteroatoms. The Bertz CT molecular complexity index is 198. The van der Waals surface area contributed by atoms with Gasteiger partial charge in [-0.05, 0) is 12.8 Å².